The van der Waals surface area contributed by atoms with Crippen LogP contribution in [0.15, 0.2) is 88.9 Å². The summed E-state index contributed by atoms with van der Waals surface area (Å²) in [7, 11) is 0. The largest absolute Gasteiger partial charge is 0.325 e. The van der Waals surface area contributed by atoms with E-state index in [1.165, 1.54) is 23.1 Å². The molecule has 1 atom stereocenters. The number of carbonyl (C=O) groups excluding carboxylic acids is 1. The third-order valence-electron chi connectivity index (χ3n) is 5.53. The number of benzene rings is 2. The second-order valence-electron chi connectivity index (χ2n) is 7.96. The van der Waals surface area contributed by atoms with Gasteiger partial charge in [0.2, 0.25) is 5.91 Å². The lowest BCUT2D eigenvalue weighted by atomic mass is 10.0. The molecule has 6 nitrogen and oxygen atoms in total. The first-order chi connectivity index (χ1) is 16.6. The van der Waals surface area contributed by atoms with E-state index in [0.29, 0.717) is 21.9 Å². The summed E-state index contributed by atoms with van der Waals surface area (Å²) in [5.41, 5.74) is 2.43. The van der Waals surface area contributed by atoms with Crippen molar-refractivity contribution in [2.75, 3.05) is 11.1 Å². The van der Waals surface area contributed by atoms with Crippen molar-refractivity contribution in [3.8, 4) is 0 Å². The number of pyridine rings is 1. The van der Waals surface area contributed by atoms with Gasteiger partial charge in [0.05, 0.1) is 11.3 Å². The number of thiophene rings is 1. The Morgan fingerprint density at radius 1 is 1.06 bits per heavy atom. The number of hydrogen-bond donors (Lipinski definition) is 1. The highest BCUT2D eigenvalue weighted by Gasteiger charge is 2.19. The first-order valence-corrected chi connectivity index (χ1v) is 12.7. The summed E-state index contributed by atoms with van der Waals surface area (Å²) in [6.07, 6.45) is 1.72. The van der Waals surface area contributed by atoms with Crippen LogP contribution in [-0.2, 0) is 11.3 Å². The van der Waals surface area contributed by atoms with Gasteiger partial charge in [0.25, 0.3) is 5.56 Å². The van der Waals surface area contributed by atoms with Gasteiger partial charge in [0, 0.05) is 23.8 Å². The smallest absolute Gasteiger partial charge is 0.272 e. The molecule has 1 N–H and O–H groups in total. The monoisotopic (exact) mass is 486 g/mol. The third kappa shape index (κ3) is 4.60. The zero-order valence-electron chi connectivity index (χ0n) is 18.5. The van der Waals surface area contributed by atoms with E-state index in [-0.39, 0.29) is 23.1 Å². The standard InChI is InChI=1S/C26H22N4O2S2/c1-17(18-9-4-2-5-10-18)15-30-25(32)23-22(20-13-8-14-27-24(20)34-23)29-26(30)33-16-21(31)28-19-11-6-3-7-12-19/h2-14,17H,15-16H2,1H3,(H,28,31)/t17-/m0/s1. The lowest BCUT2D eigenvalue weighted by molar-refractivity contribution is -0.113. The van der Waals surface area contributed by atoms with Gasteiger partial charge in [-0.2, -0.15) is 0 Å². The van der Waals surface area contributed by atoms with Crippen molar-refractivity contribution < 1.29 is 4.79 Å². The molecule has 0 aliphatic carbocycles. The lowest BCUT2D eigenvalue weighted by Crippen LogP contribution is -2.25. The van der Waals surface area contributed by atoms with Crippen LogP contribution in [0.5, 0.6) is 0 Å². The van der Waals surface area contributed by atoms with E-state index in [0.717, 1.165) is 21.5 Å². The number of thioether (sulfide) groups is 1. The second-order valence-corrected chi connectivity index (χ2v) is 9.90. The number of hydrogen-bond acceptors (Lipinski definition) is 6. The van der Waals surface area contributed by atoms with E-state index >= 15 is 0 Å². The van der Waals surface area contributed by atoms with Crippen LogP contribution in [0, 0.1) is 0 Å². The van der Waals surface area contributed by atoms with E-state index < -0.39 is 0 Å². The first-order valence-electron chi connectivity index (χ1n) is 10.9. The van der Waals surface area contributed by atoms with Crippen LogP contribution in [0.2, 0.25) is 0 Å². The van der Waals surface area contributed by atoms with Crippen molar-refractivity contribution >= 4 is 55.1 Å². The molecule has 0 saturated heterocycles. The maximum Gasteiger partial charge on any atom is 0.272 e. The van der Waals surface area contributed by atoms with Crippen molar-refractivity contribution in [2.24, 2.45) is 0 Å². The Morgan fingerprint density at radius 3 is 2.56 bits per heavy atom. The summed E-state index contributed by atoms with van der Waals surface area (Å²) in [5, 5.41) is 4.29. The Bertz CT molecular complexity index is 1510. The van der Waals surface area contributed by atoms with Gasteiger partial charge < -0.3 is 5.32 Å². The predicted octanol–water partition coefficient (Wildman–Crippen LogP) is 5.54. The zero-order valence-corrected chi connectivity index (χ0v) is 20.1. The number of carbonyl (C=O) groups is 1. The third-order valence-corrected chi connectivity index (χ3v) is 7.60. The molecule has 0 aliphatic heterocycles. The molecular weight excluding hydrogens is 464 g/mol. The maximum atomic E-state index is 13.6. The quantitative estimate of drug-likeness (QED) is 0.241. The molecule has 5 aromatic rings. The van der Waals surface area contributed by atoms with Crippen molar-refractivity contribution in [3.63, 3.8) is 0 Å². The lowest BCUT2D eigenvalue weighted by Gasteiger charge is -2.17. The molecule has 34 heavy (non-hydrogen) atoms. The van der Waals surface area contributed by atoms with Crippen molar-refractivity contribution in [2.45, 2.75) is 24.5 Å². The Balaban J connectivity index is 1.50. The number of anilines is 1. The topological polar surface area (TPSA) is 76.9 Å². The van der Waals surface area contributed by atoms with Crippen LogP contribution in [0.1, 0.15) is 18.4 Å². The average Bonchev–Trinajstić information content (AvgIpc) is 3.24. The maximum absolute atomic E-state index is 13.6. The van der Waals surface area contributed by atoms with E-state index in [4.69, 9.17) is 4.98 Å². The Hall–Kier alpha value is -3.49. The summed E-state index contributed by atoms with van der Waals surface area (Å²) < 4.78 is 2.29. The molecule has 3 aromatic heterocycles. The van der Waals surface area contributed by atoms with Gasteiger partial charge in [0.1, 0.15) is 9.53 Å². The molecule has 0 fully saturated rings. The molecule has 0 unspecified atom stereocenters. The normalized spacial score (nSPS) is 12.1. The molecule has 3 heterocycles. The number of nitrogens with one attached hydrogen (secondary N) is 1. The highest BCUT2D eigenvalue weighted by atomic mass is 32.2. The fourth-order valence-electron chi connectivity index (χ4n) is 3.82. The molecular formula is C26H22N4O2S2. The number of rotatable bonds is 7. The summed E-state index contributed by atoms with van der Waals surface area (Å²) in [4.78, 5) is 36.3. The molecule has 2 aromatic carbocycles. The van der Waals surface area contributed by atoms with Crippen molar-refractivity contribution in [1.82, 2.24) is 14.5 Å². The van der Waals surface area contributed by atoms with Crippen LogP contribution in [0.3, 0.4) is 0 Å². The minimum Gasteiger partial charge on any atom is -0.325 e. The number of fused-ring (bicyclic) bond motifs is 3. The number of amides is 1. The van der Waals surface area contributed by atoms with Gasteiger partial charge in [-0.3, -0.25) is 14.2 Å². The molecule has 0 radical (unpaired) electrons. The van der Waals surface area contributed by atoms with Crippen LogP contribution in [0.4, 0.5) is 5.69 Å². The summed E-state index contributed by atoms with van der Waals surface area (Å²) >= 11 is 2.64. The Morgan fingerprint density at radius 2 is 1.79 bits per heavy atom. The SMILES string of the molecule is C[C@@H](Cn1c(SCC(=O)Nc2ccccc2)nc2c(sc3ncccc32)c1=O)c1ccccc1. The summed E-state index contributed by atoms with van der Waals surface area (Å²) in [5.74, 6) is 0.0977. The van der Waals surface area contributed by atoms with Gasteiger partial charge in [-0.1, -0.05) is 67.2 Å². The fourth-order valence-corrected chi connectivity index (χ4v) is 5.65. The Labute approximate surface area is 204 Å². The average molecular weight is 487 g/mol. The highest BCUT2D eigenvalue weighted by molar-refractivity contribution is 7.99. The van der Waals surface area contributed by atoms with E-state index in [2.05, 4.69) is 29.4 Å². The molecule has 0 spiro atoms. The summed E-state index contributed by atoms with van der Waals surface area (Å²) in [6.45, 7) is 2.56. The second kappa shape index (κ2) is 9.79. The van der Waals surface area contributed by atoms with Crippen molar-refractivity contribution in [3.05, 3.63) is 94.9 Å². The van der Waals surface area contributed by atoms with Crippen molar-refractivity contribution in [1.29, 1.82) is 0 Å². The zero-order chi connectivity index (χ0) is 23.5. The fraction of sp³-hybridized carbons (Fsp3) is 0.154. The molecule has 0 aliphatic rings. The Kier molecular flexibility index (Phi) is 6.42. The molecule has 0 bridgehead atoms. The van der Waals surface area contributed by atoms with Gasteiger partial charge >= 0.3 is 0 Å². The first kappa shape index (κ1) is 22.3. The van der Waals surface area contributed by atoms with E-state index in [9.17, 15) is 9.59 Å². The van der Waals surface area contributed by atoms with Gasteiger partial charge in [-0.15, -0.1) is 11.3 Å². The van der Waals surface area contributed by atoms with Crippen LogP contribution >= 0.6 is 23.1 Å². The molecule has 170 valence electrons. The molecule has 0 saturated carbocycles. The van der Waals surface area contributed by atoms with Gasteiger partial charge in [-0.05, 0) is 35.7 Å². The number of nitrogens with zero attached hydrogens (tertiary/aromatic N) is 3. The van der Waals surface area contributed by atoms with E-state index in [1.54, 1.807) is 10.8 Å². The molecule has 8 heteroatoms. The molecule has 5 rings (SSSR count). The highest BCUT2D eigenvalue weighted by Crippen LogP contribution is 2.31. The summed E-state index contributed by atoms with van der Waals surface area (Å²) in [6, 6.07) is 23.2. The molecule has 1 amide bonds. The number of aromatic nitrogens is 3. The van der Waals surface area contributed by atoms with Crippen LogP contribution < -0.4 is 10.9 Å². The van der Waals surface area contributed by atoms with Crippen LogP contribution in [0.25, 0.3) is 20.4 Å². The minimum absolute atomic E-state index is 0.0956. The van der Waals surface area contributed by atoms with Gasteiger partial charge in [-0.25, -0.2) is 9.97 Å². The number of para-hydroxylation sites is 1. The minimum atomic E-state index is -0.148. The van der Waals surface area contributed by atoms with E-state index in [1.807, 2.05) is 60.7 Å². The predicted molar refractivity (Wildman–Crippen MR) is 140 cm³/mol. The van der Waals surface area contributed by atoms with Gasteiger partial charge in [0.15, 0.2) is 5.16 Å². The van der Waals surface area contributed by atoms with Crippen LogP contribution in [-0.4, -0.2) is 26.2 Å².